The number of pyridine rings is 1. The second-order valence-corrected chi connectivity index (χ2v) is 4.49. The number of rotatable bonds is 2. The van der Waals surface area contributed by atoms with E-state index in [-0.39, 0.29) is 24.3 Å². The van der Waals surface area contributed by atoms with Gasteiger partial charge < -0.3 is 5.73 Å². The van der Waals surface area contributed by atoms with E-state index in [4.69, 9.17) is 5.73 Å². The normalized spacial score (nSPS) is 12.2. The lowest BCUT2D eigenvalue weighted by atomic mass is 10.2. The SMILES string of the molecule is CC(N)c1cc2cnn(-c3ccc(F)cc3)c2cn1.Cl. The Bertz CT molecular complexity index is 722. The molecule has 3 rings (SSSR count). The van der Waals surface area contributed by atoms with E-state index in [1.807, 2.05) is 13.0 Å². The van der Waals surface area contributed by atoms with Crippen LogP contribution < -0.4 is 5.73 Å². The van der Waals surface area contributed by atoms with Crippen LogP contribution in [0.5, 0.6) is 0 Å². The summed E-state index contributed by atoms with van der Waals surface area (Å²) in [5.41, 5.74) is 8.30. The van der Waals surface area contributed by atoms with Crippen LogP contribution in [0, 0.1) is 5.82 Å². The zero-order valence-electron chi connectivity index (χ0n) is 10.8. The van der Waals surface area contributed by atoms with Gasteiger partial charge in [0.05, 0.1) is 29.3 Å². The van der Waals surface area contributed by atoms with Gasteiger partial charge >= 0.3 is 0 Å². The van der Waals surface area contributed by atoms with E-state index in [2.05, 4.69) is 10.1 Å². The third kappa shape index (κ3) is 2.50. The highest BCUT2D eigenvalue weighted by Crippen LogP contribution is 2.20. The van der Waals surface area contributed by atoms with Crippen LogP contribution in [-0.4, -0.2) is 14.8 Å². The van der Waals surface area contributed by atoms with Crippen LogP contribution >= 0.6 is 12.4 Å². The van der Waals surface area contributed by atoms with Gasteiger partial charge in [0.2, 0.25) is 0 Å². The monoisotopic (exact) mass is 292 g/mol. The molecule has 2 heterocycles. The van der Waals surface area contributed by atoms with Crippen molar-refractivity contribution in [2.75, 3.05) is 0 Å². The smallest absolute Gasteiger partial charge is 0.123 e. The van der Waals surface area contributed by atoms with Crippen LogP contribution in [0.4, 0.5) is 4.39 Å². The van der Waals surface area contributed by atoms with Crippen LogP contribution in [0.1, 0.15) is 18.7 Å². The highest BCUT2D eigenvalue weighted by molar-refractivity contribution is 5.85. The number of hydrogen-bond acceptors (Lipinski definition) is 3. The van der Waals surface area contributed by atoms with Crippen molar-refractivity contribution in [2.45, 2.75) is 13.0 Å². The molecule has 1 atom stereocenters. The molecule has 0 radical (unpaired) electrons. The van der Waals surface area contributed by atoms with Crippen molar-refractivity contribution < 1.29 is 4.39 Å². The Labute approximate surface area is 121 Å². The fourth-order valence-corrected chi connectivity index (χ4v) is 1.98. The number of aromatic nitrogens is 3. The average molecular weight is 293 g/mol. The molecule has 0 aliphatic carbocycles. The lowest BCUT2D eigenvalue weighted by molar-refractivity contribution is 0.627. The summed E-state index contributed by atoms with van der Waals surface area (Å²) >= 11 is 0. The summed E-state index contributed by atoms with van der Waals surface area (Å²) in [6, 6.07) is 7.99. The minimum Gasteiger partial charge on any atom is -0.323 e. The first-order valence-corrected chi connectivity index (χ1v) is 6.00. The molecule has 3 aromatic rings. The van der Waals surface area contributed by atoms with Crippen molar-refractivity contribution in [1.29, 1.82) is 0 Å². The summed E-state index contributed by atoms with van der Waals surface area (Å²) < 4.78 is 14.7. The lowest BCUT2D eigenvalue weighted by Crippen LogP contribution is -2.07. The topological polar surface area (TPSA) is 56.7 Å². The van der Waals surface area contributed by atoms with Crippen LogP contribution in [0.3, 0.4) is 0 Å². The van der Waals surface area contributed by atoms with Gasteiger partial charge in [0.1, 0.15) is 5.82 Å². The zero-order valence-corrected chi connectivity index (χ0v) is 11.6. The van der Waals surface area contributed by atoms with E-state index < -0.39 is 0 Å². The summed E-state index contributed by atoms with van der Waals surface area (Å²) in [7, 11) is 0. The molecule has 4 nitrogen and oxygen atoms in total. The molecule has 0 aliphatic rings. The van der Waals surface area contributed by atoms with Crippen molar-refractivity contribution in [2.24, 2.45) is 5.73 Å². The quantitative estimate of drug-likeness (QED) is 0.790. The first kappa shape index (κ1) is 14.4. The van der Waals surface area contributed by atoms with Crippen molar-refractivity contribution >= 4 is 23.3 Å². The number of fused-ring (bicyclic) bond motifs is 1. The van der Waals surface area contributed by atoms with E-state index in [1.165, 1.54) is 12.1 Å². The molecule has 0 saturated heterocycles. The Morgan fingerprint density at radius 1 is 1.20 bits per heavy atom. The molecule has 20 heavy (non-hydrogen) atoms. The highest BCUT2D eigenvalue weighted by Gasteiger charge is 2.08. The van der Waals surface area contributed by atoms with Crippen LogP contribution in [0.25, 0.3) is 16.6 Å². The molecule has 104 valence electrons. The molecule has 1 aromatic carbocycles. The van der Waals surface area contributed by atoms with Gasteiger partial charge in [-0.15, -0.1) is 12.4 Å². The molecule has 0 aliphatic heterocycles. The van der Waals surface area contributed by atoms with E-state index in [0.29, 0.717) is 0 Å². The first-order valence-electron chi connectivity index (χ1n) is 6.00. The minimum atomic E-state index is -0.266. The second kappa shape index (κ2) is 5.56. The average Bonchev–Trinajstić information content (AvgIpc) is 2.82. The molecule has 0 bridgehead atoms. The molecular formula is C14H14ClFN4. The van der Waals surface area contributed by atoms with Gasteiger partial charge in [-0.25, -0.2) is 9.07 Å². The highest BCUT2D eigenvalue weighted by atomic mass is 35.5. The van der Waals surface area contributed by atoms with Crippen LogP contribution in [0.15, 0.2) is 42.7 Å². The van der Waals surface area contributed by atoms with Crippen LogP contribution in [0.2, 0.25) is 0 Å². The summed E-state index contributed by atoms with van der Waals surface area (Å²) in [5.74, 6) is -0.266. The van der Waals surface area contributed by atoms with E-state index in [1.54, 1.807) is 29.2 Å². The molecule has 0 fully saturated rings. The zero-order chi connectivity index (χ0) is 13.4. The van der Waals surface area contributed by atoms with Crippen molar-refractivity contribution in [1.82, 2.24) is 14.8 Å². The summed E-state index contributed by atoms with van der Waals surface area (Å²) in [6.45, 7) is 1.89. The largest absolute Gasteiger partial charge is 0.323 e. The van der Waals surface area contributed by atoms with Gasteiger partial charge in [0.25, 0.3) is 0 Å². The molecule has 1 unspecified atom stereocenters. The Morgan fingerprint density at radius 3 is 2.55 bits per heavy atom. The van der Waals surface area contributed by atoms with Gasteiger partial charge in [-0.3, -0.25) is 4.98 Å². The molecule has 2 aromatic heterocycles. The van der Waals surface area contributed by atoms with Crippen molar-refractivity contribution in [3.63, 3.8) is 0 Å². The molecule has 0 spiro atoms. The van der Waals surface area contributed by atoms with Gasteiger partial charge in [0.15, 0.2) is 0 Å². The second-order valence-electron chi connectivity index (χ2n) is 4.49. The molecule has 2 N–H and O–H groups in total. The van der Waals surface area contributed by atoms with Gasteiger partial charge in [-0.1, -0.05) is 0 Å². The number of halogens is 2. The number of benzene rings is 1. The molecule has 0 saturated carbocycles. The number of nitrogens with zero attached hydrogens (tertiary/aromatic N) is 3. The summed E-state index contributed by atoms with van der Waals surface area (Å²) in [4.78, 5) is 4.32. The fourth-order valence-electron chi connectivity index (χ4n) is 1.98. The van der Waals surface area contributed by atoms with E-state index in [0.717, 1.165) is 22.3 Å². The number of nitrogens with two attached hydrogens (primary N) is 1. The fraction of sp³-hybridized carbons (Fsp3) is 0.143. The predicted molar refractivity (Wildman–Crippen MR) is 78.7 cm³/mol. The van der Waals surface area contributed by atoms with E-state index >= 15 is 0 Å². The summed E-state index contributed by atoms with van der Waals surface area (Å²) in [6.07, 6.45) is 3.50. The first-order chi connectivity index (χ1) is 9.15. The lowest BCUT2D eigenvalue weighted by Gasteiger charge is -2.06. The van der Waals surface area contributed by atoms with Crippen molar-refractivity contribution in [3.8, 4) is 5.69 Å². The molecule has 6 heteroatoms. The summed E-state index contributed by atoms with van der Waals surface area (Å²) in [5, 5.41) is 5.27. The Morgan fingerprint density at radius 2 is 1.90 bits per heavy atom. The maximum Gasteiger partial charge on any atom is 0.123 e. The van der Waals surface area contributed by atoms with Gasteiger partial charge in [0, 0.05) is 11.4 Å². The molecule has 0 amide bonds. The standard InChI is InChI=1S/C14H13FN4.ClH/c1-9(16)13-6-10-7-18-19(14(10)8-17-13)12-4-2-11(15)3-5-12;/h2-9H,16H2,1H3;1H. The van der Waals surface area contributed by atoms with Gasteiger partial charge in [-0.05, 0) is 37.3 Å². The van der Waals surface area contributed by atoms with E-state index in [9.17, 15) is 4.39 Å². The third-order valence-corrected chi connectivity index (χ3v) is 3.01. The predicted octanol–water partition coefficient (Wildman–Crippen LogP) is 3.00. The van der Waals surface area contributed by atoms with Crippen molar-refractivity contribution in [3.05, 3.63) is 54.2 Å². The minimum absolute atomic E-state index is 0. The molecular weight excluding hydrogens is 279 g/mol. The van der Waals surface area contributed by atoms with Gasteiger partial charge in [-0.2, -0.15) is 5.10 Å². The third-order valence-electron chi connectivity index (χ3n) is 3.01. The maximum absolute atomic E-state index is 12.9. The Balaban J connectivity index is 0.00000147. The Hall–Kier alpha value is -1.98. The number of hydrogen-bond donors (Lipinski definition) is 1. The van der Waals surface area contributed by atoms with Crippen LogP contribution in [-0.2, 0) is 0 Å². The maximum atomic E-state index is 12.9. The Kier molecular flexibility index (Phi) is 4.01.